The van der Waals surface area contributed by atoms with E-state index in [1.165, 1.54) is 25.3 Å². The minimum atomic E-state index is -0.844. The molecule has 0 aliphatic heterocycles. The fourth-order valence-corrected chi connectivity index (χ4v) is 1.80. The molecule has 6 nitrogen and oxygen atoms in total. The molecule has 104 valence electrons. The highest BCUT2D eigenvalue weighted by atomic mass is 79.9. The Hall–Kier alpha value is -1.63. The SMILES string of the molecule is COC(=O)C(CCCBr)Oc1ccccc1[N+](=O)[O-]. The van der Waals surface area contributed by atoms with Gasteiger partial charge in [0.2, 0.25) is 0 Å². The van der Waals surface area contributed by atoms with Crippen molar-refractivity contribution in [1.29, 1.82) is 0 Å². The van der Waals surface area contributed by atoms with Gasteiger partial charge in [-0.15, -0.1) is 0 Å². The van der Waals surface area contributed by atoms with Crippen molar-refractivity contribution in [2.75, 3.05) is 12.4 Å². The van der Waals surface area contributed by atoms with Gasteiger partial charge >= 0.3 is 11.7 Å². The Bertz CT molecular complexity index is 452. The van der Waals surface area contributed by atoms with E-state index >= 15 is 0 Å². The Morgan fingerprint density at radius 3 is 2.74 bits per heavy atom. The van der Waals surface area contributed by atoms with Crippen LogP contribution in [0.3, 0.4) is 0 Å². The van der Waals surface area contributed by atoms with Crippen LogP contribution in [0.5, 0.6) is 5.75 Å². The van der Waals surface area contributed by atoms with Gasteiger partial charge in [0.25, 0.3) is 0 Å². The van der Waals surface area contributed by atoms with E-state index in [2.05, 4.69) is 20.7 Å². The summed E-state index contributed by atoms with van der Waals surface area (Å²) in [4.78, 5) is 21.9. The number of nitro benzene ring substituents is 1. The van der Waals surface area contributed by atoms with Crippen LogP contribution in [0, 0.1) is 10.1 Å². The minimum Gasteiger partial charge on any atom is -0.472 e. The summed E-state index contributed by atoms with van der Waals surface area (Å²) < 4.78 is 10.1. The van der Waals surface area contributed by atoms with E-state index in [0.717, 1.165) is 0 Å². The maximum atomic E-state index is 11.6. The number of carbonyl (C=O) groups is 1. The van der Waals surface area contributed by atoms with Crippen LogP contribution in [0.15, 0.2) is 24.3 Å². The van der Waals surface area contributed by atoms with Gasteiger partial charge in [-0.25, -0.2) is 4.79 Å². The van der Waals surface area contributed by atoms with Gasteiger partial charge in [0.1, 0.15) is 0 Å². The van der Waals surface area contributed by atoms with E-state index in [9.17, 15) is 14.9 Å². The molecule has 0 saturated heterocycles. The Morgan fingerprint density at radius 1 is 1.47 bits per heavy atom. The van der Waals surface area contributed by atoms with Gasteiger partial charge in [-0.05, 0) is 18.9 Å². The van der Waals surface area contributed by atoms with E-state index in [4.69, 9.17) is 4.74 Å². The van der Waals surface area contributed by atoms with Crippen LogP contribution in [0.4, 0.5) is 5.69 Å². The molecule has 0 saturated carbocycles. The number of benzene rings is 1. The Morgan fingerprint density at radius 2 is 2.16 bits per heavy atom. The lowest BCUT2D eigenvalue weighted by molar-refractivity contribution is -0.386. The molecular weight excluding hydrogens is 318 g/mol. The van der Waals surface area contributed by atoms with E-state index in [0.29, 0.717) is 18.2 Å². The number of rotatable bonds is 7. The van der Waals surface area contributed by atoms with Crippen molar-refractivity contribution in [2.45, 2.75) is 18.9 Å². The molecule has 0 aromatic heterocycles. The molecule has 0 heterocycles. The van der Waals surface area contributed by atoms with Crippen molar-refractivity contribution in [3.05, 3.63) is 34.4 Å². The topological polar surface area (TPSA) is 78.7 Å². The van der Waals surface area contributed by atoms with Crippen LogP contribution in [-0.2, 0) is 9.53 Å². The van der Waals surface area contributed by atoms with Gasteiger partial charge in [0.15, 0.2) is 11.9 Å². The summed E-state index contributed by atoms with van der Waals surface area (Å²) in [7, 11) is 1.26. The molecule has 1 aromatic carbocycles. The fraction of sp³-hybridized carbons (Fsp3) is 0.417. The van der Waals surface area contributed by atoms with Crippen molar-refractivity contribution in [1.82, 2.24) is 0 Å². The predicted molar refractivity (Wildman–Crippen MR) is 72.6 cm³/mol. The third-order valence-corrected chi connectivity index (χ3v) is 2.96. The maximum absolute atomic E-state index is 11.6. The molecule has 0 amide bonds. The zero-order valence-corrected chi connectivity index (χ0v) is 12.0. The summed E-state index contributed by atoms with van der Waals surface area (Å²) in [5, 5.41) is 11.6. The number of nitrogens with zero attached hydrogens (tertiary/aromatic N) is 1. The Kier molecular flexibility index (Phi) is 6.27. The number of esters is 1. The zero-order valence-electron chi connectivity index (χ0n) is 10.4. The average molecular weight is 332 g/mol. The number of ether oxygens (including phenoxy) is 2. The molecule has 0 radical (unpaired) electrons. The van der Waals surface area contributed by atoms with Crippen LogP contribution in [0.1, 0.15) is 12.8 Å². The van der Waals surface area contributed by atoms with Crippen molar-refractivity contribution in [2.24, 2.45) is 0 Å². The minimum absolute atomic E-state index is 0.0671. The second kappa shape index (κ2) is 7.73. The molecule has 0 aliphatic rings. The highest BCUT2D eigenvalue weighted by Gasteiger charge is 2.24. The summed E-state index contributed by atoms with van der Waals surface area (Å²) >= 11 is 3.26. The second-order valence-corrected chi connectivity index (χ2v) is 4.48. The molecule has 0 fully saturated rings. The smallest absolute Gasteiger partial charge is 0.347 e. The predicted octanol–water partition coefficient (Wildman–Crippen LogP) is 2.69. The molecular formula is C12H14BrNO5. The first-order chi connectivity index (χ1) is 9.10. The fourth-order valence-electron chi connectivity index (χ4n) is 1.48. The third kappa shape index (κ3) is 4.51. The number of nitro groups is 1. The van der Waals surface area contributed by atoms with E-state index in [-0.39, 0.29) is 11.4 Å². The number of hydrogen-bond acceptors (Lipinski definition) is 5. The second-order valence-electron chi connectivity index (χ2n) is 3.69. The van der Waals surface area contributed by atoms with Crippen LogP contribution in [0.2, 0.25) is 0 Å². The van der Waals surface area contributed by atoms with Crippen LogP contribution in [0.25, 0.3) is 0 Å². The molecule has 0 bridgehead atoms. The van der Waals surface area contributed by atoms with Crippen LogP contribution in [-0.4, -0.2) is 29.4 Å². The lowest BCUT2D eigenvalue weighted by Gasteiger charge is -2.16. The van der Waals surface area contributed by atoms with Crippen molar-refractivity contribution < 1.29 is 19.2 Å². The maximum Gasteiger partial charge on any atom is 0.347 e. The van der Waals surface area contributed by atoms with Crippen molar-refractivity contribution >= 4 is 27.6 Å². The number of carbonyl (C=O) groups excluding carboxylic acids is 1. The van der Waals surface area contributed by atoms with Crippen molar-refractivity contribution in [3.8, 4) is 5.75 Å². The van der Waals surface area contributed by atoms with Gasteiger partial charge in [-0.1, -0.05) is 28.1 Å². The third-order valence-electron chi connectivity index (χ3n) is 2.40. The number of alkyl halides is 1. The number of para-hydroxylation sites is 2. The van der Waals surface area contributed by atoms with E-state index in [1.54, 1.807) is 6.07 Å². The monoisotopic (exact) mass is 331 g/mol. The number of methoxy groups -OCH3 is 1. The average Bonchev–Trinajstić information content (AvgIpc) is 2.42. The van der Waals surface area contributed by atoms with Gasteiger partial charge in [0, 0.05) is 11.4 Å². The largest absolute Gasteiger partial charge is 0.472 e. The van der Waals surface area contributed by atoms with Gasteiger partial charge in [-0.3, -0.25) is 10.1 Å². The molecule has 1 unspecified atom stereocenters. The molecule has 0 N–H and O–H groups in total. The zero-order chi connectivity index (χ0) is 14.3. The molecule has 1 aromatic rings. The lowest BCUT2D eigenvalue weighted by atomic mass is 10.2. The van der Waals surface area contributed by atoms with Crippen LogP contribution >= 0.6 is 15.9 Å². The quantitative estimate of drug-likeness (QED) is 0.332. The van der Waals surface area contributed by atoms with Crippen LogP contribution < -0.4 is 4.74 Å². The highest BCUT2D eigenvalue weighted by molar-refractivity contribution is 9.09. The van der Waals surface area contributed by atoms with Gasteiger partial charge in [0.05, 0.1) is 12.0 Å². The molecule has 0 spiro atoms. The van der Waals surface area contributed by atoms with E-state index < -0.39 is 17.0 Å². The van der Waals surface area contributed by atoms with E-state index in [1.807, 2.05) is 0 Å². The Balaban J connectivity index is 2.89. The molecule has 19 heavy (non-hydrogen) atoms. The highest BCUT2D eigenvalue weighted by Crippen LogP contribution is 2.27. The number of halogens is 1. The normalized spacial score (nSPS) is 11.7. The first kappa shape index (κ1) is 15.4. The summed E-state index contributed by atoms with van der Waals surface area (Å²) in [6.45, 7) is 0. The van der Waals surface area contributed by atoms with Gasteiger partial charge < -0.3 is 9.47 Å². The first-order valence-corrected chi connectivity index (χ1v) is 6.76. The standard InChI is InChI=1S/C12H14BrNO5/c1-18-12(15)11(7-4-8-13)19-10-6-3-2-5-9(10)14(16)17/h2-3,5-6,11H,4,7-8H2,1H3. The summed E-state index contributed by atoms with van der Waals surface area (Å²) in [6, 6.07) is 5.94. The molecule has 1 atom stereocenters. The first-order valence-electron chi connectivity index (χ1n) is 5.64. The summed E-state index contributed by atoms with van der Waals surface area (Å²) in [5.74, 6) is -0.475. The molecule has 1 rings (SSSR count). The molecule has 0 aliphatic carbocycles. The molecule has 7 heteroatoms. The lowest BCUT2D eigenvalue weighted by Crippen LogP contribution is -2.29. The number of hydrogen-bond donors (Lipinski definition) is 0. The Labute approximate surface area is 119 Å². The summed E-state index contributed by atoms with van der Waals surface area (Å²) in [6.07, 6.45) is 0.272. The van der Waals surface area contributed by atoms with Gasteiger partial charge in [-0.2, -0.15) is 0 Å². The summed E-state index contributed by atoms with van der Waals surface area (Å²) in [5.41, 5.74) is -0.171. The van der Waals surface area contributed by atoms with Crippen molar-refractivity contribution in [3.63, 3.8) is 0 Å².